The van der Waals surface area contributed by atoms with Gasteiger partial charge in [-0.3, -0.25) is 9.59 Å². The number of ether oxygens (including phenoxy) is 1. The van der Waals surface area contributed by atoms with Gasteiger partial charge in [-0.1, -0.05) is 18.2 Å². The third-order valence-corrected chi connectivity index (χ3v) is 3.73. The van der Waals surface area contributed by atoms with Crippen LogP contribution in [0.1, 0.15) is 11.1 Å². The Morgan fingerprint density at radius 1 is 1.08 bits per heavy atom. The number of benzene rings is 2. The standard InChI is InChI=1S/C19H21FN2O3/c1-13-5-4-6-14(2)19(13)21-17(23)11-22(3)18(24)12-25-16-9-7-15(20)8-10-16/h4-10H,11-12H2,1-3H3,(H,21,23). The molecule has 2 amide bonds. The minimum atomic E-state index is -0.376. The van der Waals surface area contributed by atoms with Crippen molar-refractivity contribution in [3.8, 4) is 5.75 Å². The molecule has 0 aliphatic rings. The first-order valence-electron chi connectivity index (χ1n) is 7.85. The average Bonchev–Trinajstić information content (AvgIpc) is 2.57. The molecule has 0 radical (unpaired) electrons. The van der Waals surface area contributed by atoms with Gasteiger partial charge < -0.3 is 15.0 Å². The lowest BCUT2D eigenvalue weighted by Crippen LogP contribution is -2.37. The lowest BCUT2D eigenvalue weighted by Gasteiger charge is -2.18. The highest BCUT2D eigenvalue weighted by Gasteiger charge is 2.15. The zero-order chi connectivity index (χ0) is 18.4. The monoisotopic (exact) mass is 344 g/mol. The first-order chi connectivity index (χ1) is 11.9. The van der Waals surface area contributed by atoms with Crippen LogP contribution in [0.2, 0.25) is 0 Å². The molecule has 0 unspecified atom stereocenters. The maximum absolute atomic E-state index is 12.8. The molecule has 0 fully saturated rings. The van der Waals surface area contributed by atoms with Gasteiger partial charge in [-0.05, 0) is 49.2 Å². The molecule has 0 aliphatic carbocycles. The predicted octanol–water partition coefficient (Wildman–Crippen LogP) is 2.92. The Morgan fingerprint density at radius 2 is 1.68 bits per heavy atom. The Kier molecular flexibility index (Phi) is 6.11. The van der Waals surface area contributed by atoms with Gasteiger partial charge in [-0.2, -0.15) is 0 Å². The van der Waals surface area contributed by atoms with Crippen molar-refractivity contribution < 1.29 is 18.7 Å². The average molecular weight is 344 g/mol. The summed E-state index contributed by atoms with van der Waals surface area (Å²) < 4.78 is 18.1. The molecule has 25 heavy (non-hydrogen) atoms. The summed E-state index contributed by atoms with van der Waals surface area (Å²) in [5, 5.41) is 2.83. The van der Waals surface area contributed by atoms with Gasteiger partial charge in [0.25, 0.3) is 5.91 Å². The van der Waals surface area contributed by atoms with Gasteiger partial charge in [0, 0.05) is 12.7 Å². The second kappa shape index (κ2) is 8.28. The number of likely N-dealkylation sites (N-methyl/N-ethyl adjacent to an activating group) is 1. The van der Waals surface area contributed by atoms with Crippen LogP contribution < -0.4 is 10.1 Å². The molecule has 0 atom stereocenters. The normalized spacial score (nSPS) is 10.2. The van der Waals surface area contributed by atoms with Crippen molar-refractivity contribution in [2.45, 2.75) is 13.8 Å². The molecule has 0 heterocycles. The summed E-state index contributed by atoms with van der Waals surface area (Å²) in [4.78, 5) is 25.5. The summed E-state index contributed by atoms with van der Waals surface area (Å²) >= 11 is 0. The van der Waals surface area contributed by atoms with Gasteiger partial charge >= 0.3 is 0 Å². The molecule has 2 rings (SSSR count). The number of para-hydroxylation sites is 1. The largest absolute Gasteiger partial charge is 0.484 e. The van der Waals surface area contributed by atoms with E-state index in [4.69, 9.17) is 4.74 Å². The number of halogens is 1. The number of hydrogen-bond donors (Lipinski definition) is 1. The summed E-state index contributed by atoms with van der Waals surface area (Å²) in [6.45, 7) is 3.51. The fourth-order valence-electron chi connectivity index (χ4n) is 2.28. The third kappa shape index (κ3) is 5.31. The molecule has 132 valence electrons. The highest BCUT2D eigenvalue weighted by Crippen LogP contribution is 2.19. The molecule has 0 spiro atoms. The van der Waals surface area contributed by atoms with E-state index in [2.05, 4.69) is 5.32 Å². The number of nitrogens with one attached hydrogen (secondary N) is 1. The summed E-state index contributed by atoms with van der Waals surface area (Å²) in [6.07, 6.45) is 0. The van der Waals surface area contributed by atoms with Gasteiger partial charge in [-0.15, -0.1) is 0 Å². The highest BCUT2D eigenvalue weighted by atomic mass is 19.1. The first kappa shape index (κ1) is 18.4. The van der Waals surface area contributed by atoms with E-state index in [9.17, 15) is 14.0 Å². The van der Waals surface area contributed by atoms with Crippen LogP contribution in [0.25, 0.3) is 0 Å². The van der Waals surface area contributed by atoms with Crippen molar-refractivity contribution in [3.05, 3.63) is 59.4 Å². The van der Waals surface area contributed by atoms with Gasteiger partial charge in [0.1, 0.15) is 11.6 Å². The van der Waals surface area contributed by atoms with Crippen molar-refractivity contribution in [1.29, 1.82) is 0 Å². The fourth-order valence-corrected chi connectivity index (χ4v) is 2.28. The maximum atomic E-state index is 12.8. The second-order valence-corrected chi connectivity index (χ2v) is 5.81. The van der Waals surface area contributed by atoms with Crippen LogP contribution in [0, 0.1) is 19.7 Å². The second-order valence-electron chi connectivity index (χ2n) is 5.81. The van der Waals surface area contributed by atoms with Crippen molar-refractivity contribution in [2.75, 3.05) is 25.5 Å². The lowest BCUT2D eigenvalue weighted by atomic mass is 10.1. The number of carbonyl (C=O) groups is 2. The third-order valence-electron chi connectivity index (χ3n) is 3.73. The van der Waals surface area contributed by atoms with Gasteiger partial charge in [0.05, 0.1) is 6.54 Å². The van der Waals surface area contributed by atoms with Crippen molar-refractivity contribution in [1.82, 2.24) is 4.90 Å². The molecular formula is C19H21FN2O3. The number of anilines is 1. The lowest BCUT2D eigenvalue weighted by molar-refractivity contribution is -0.135. The number of amides is 2. The summed E-state index contributed by atoms with van der Waals surface area (Å²) in [5.74, 6) is -0.613. The molecule has 0 saturated heterocycles. The van der Waals surface area contributed by atoms with Crippen LogP contribution in [0.15, 0.2) is 42.5 Å². The number of hydrogen-bond acceptors (Lipinski definition) is 3. The van der Waals surface area contributed by atoms with Crippen molar-refractivity contribution >= 4 is 17.5 Å². The van der Waals surface area contributed by atoms with Gasteiger partial charge in [-0.25, -0.2) is 4.39 Å². The zero-order valence-electron chi connectivity index (χ0n) is 14.5. The number of aryl methyl sites for hydroxylation is 2. The molecule has 0 aliphatic heterocycles. The zero-order valence-corrected chi connectivity index (χ0v) is 14.5. The number of rotatable bonds is 6. The molecule has 2 aromatic carbocycles. The topological polar surface area (TPSA) is 58.6 Å². The molecule has 1 N–H and O–H groups in total. The van der Waals surface area contributed by atoms with E-state index in [1.807, 2.05) is 32.0 Å². The van der Waals surface area contributed by atoms with Crippen molar-refractivity contribution in [3.63, 3.8) is 0 Å². The van der Waals surface area contributed by atoms with Crippen LogP contribution in [0.5, 0.6) is 5.75 Å². The maximum Gasteiger partial charge on any atom is 0.260 e. The van der Waals surface area contributed by atoms with Crippen molar-refractivity contribution in [2.24, 2.45) is 0 Å². The Balaban J connectivity index is 1.85. The highest BCUT2D eigenvalue weighted by molar-refractivity contribution is 5.95. The van der Waals surface area contributed by atoms with Crippen LogP contribution in [-0.2, 0) is 9.59 Å². The smallest absolute Gasteiger partial charge is 0.260 e. The van der Waals surface area contributed by atoms with E-state index in [1.165, 1.54) is 36.2 Å². The molecule has 0 saturated carbocycles. The quantitative estimate of drug-likeness (QED) is 0.877. The molecule has 5 nitrogen and oxygen atoms in total. The Hall–Kier alpha value is -2.89. The predicted molar refractivity (Wildman–Crippen MR) is 94.1 cm³/mol. The first-order valence-corrected chi connectivity index (χ1v) is 7.85. The van der Waals surface area contributed by atoms with Crippen LogP contribution in [-0.4, -0.2) is 36.9 Å². The van der Waals surface area contributed by atoms with E-state index < -0.39 is 0 Å². The van der Waals surface area contributed by atoms with Crippen LogP contribution >= 0.6 is 0 Å². The fraction of sp³-hybridized carbons (Fsp3) is 0.263. The molecule has 0 aromatic heterocycles. The van der Waals surface area contributed by atoms with Crippen LogP contribution in [0.4, 0.5) is 10.1 Å². The molecule has 0 bridgehead atoms. The minimum Gasteiger partial charge on any atom is -0.484 e. The van der Waals surface area contributed by atoms with E-state index in [0.29, 0.717) is 5.75 Å². The van der Waals surface area contributed by atoms with E-state index in [1.54, 1.807) is 0 Å². The van der Waals surface area contributed by atoms with E-state index in [-0.39, 0.29) is 30.8 Å². The van der Waals surface area contributed by atoms with Gasteiger partial charge in [0.2, 0.25) is 5.91 Å². The summed E-state index contributed by atoms with van der Waals surface area (Å²) in [7, 11) is 1.53. The summed E-state index contributed by atoms with van der Waals surface area (Å²) in [6, 6.07) is 11.1. The number of carbonyl (C=O) groups excluding carboxylic acids is 2. The Labute approximate surface area is 146 Å². The molecule has 6 heteroatoms. The SMILES string of the molecule is Cc1cccc(C)c1NC(=O)CN(C)C(=O)COc1ccc(F)cc1. The minimum absolute atomic E-state index is 0.0839. The van der Waals surface area contributed by atoms with E-state index in [0.717, 1.165) is 16.8 Å². The van der Waals surface area contributed by atoms with E-state index >= 15 is 0 Å². The molecule has 2 aromatic rings. The van der Waals surface area contributed by atoms with Crippen LogP contribution in [0.3, 0.4) is 0 Å². The Morgan fingerprint density at radius 3 is 2.28 bits per heavy atom. The summed E-state index contributed by atoms with van der Waals surface area (Å²) in [5.41, 5.74) is 2.68. The van der Waals surface area contributed by atoms with Gasteiger partial charge in [0.15, 0.2) is 6.61 Å². The molecular weight excluding hydrogens is 323 g/mol. The Bertz CT molecular complexity index is 740. The number of nitrogens with zero attached hydrogens (tertiary/aromatic N) is 1.